The Labute approximate surface area is 110 Å². The van der Waals surface area contributed by atoms with Gasteiger partial charge < -0.3 is 15.6 Å². The number of rotatable bonds is 2. The second-order valence-electron chi connectivity index (χ2n) is 4.72. The van der Waals surface area contributed by atoms with E-state index >= 15 is 0 Å². The molecule has 0 spiro atoms. The number of phenolic OH excluding ortho intramolecular Hbond substituents is 1. The van der Waals surface area contributed by atoms with Gasteiger partial charge in [-0.25, -0.2) is 9.67 Å². The van der Waals surface area contributed by atoms with Crippen LogP contribution in [0, 0.1) is 0 Å². The second kappa shape index (κ2) is 4.55. The zero-order valence-corrected chi connectivity index (χ0v) is 10.7. The van der Waals surface area contributed by atoms with Crippen molar-refractivity contribution in [2.75, 3.05) is 7.11 Å². The molecule has 19 heavy (non-hydrogen) atoms. The Bertz CT molecular complexity index is 609. The van der Waals surface area contributed by atoms with Gasteiger partial charge in [-0.15, -0.1) is 0 Å². The summed E-state index contributed by atoms with van der Waals surface area (Å²) in [4.78, 5) is 4.52. The molecule has 6 nitrogen and oxygen atoms in total. The van der Waals surface area contributed by atoms with E-state index in [4.69, 9.17) is 10.5 Å². The van der Waals surface area contributed by atoms with Crippen molar-refractivity contribution >= 4 is 0 Å². The minimum atomic E-state index is 0.109. The molecule has 0 saturated carbocycles. The van der Waals surface area contributed by atoms with E-state index in [0.29, 0.717) is 18.1 Å². The van der Waals surface area contributed by atoms with Crippen LogP contribution in [0.1, 0.15) is 12.2 Å². The molecule has 1 unspecified atom stereocenters. The van der Waals surface area contributed by atoms with Crippen molar-refractivity contribution < 1.29 is 9.84 Å². The molecule has 0 radical (unpaired) electrons. The van der Waals surface area contributed by atoms with Crippen LogP contribution in [0.25, 0.3) is 11.4 Å². The van der Waals surface area contributed by atoms with Crippen LogP contribution < -0.4 is 10.5 Å². The number of nitrogens with two attached hydrogens (primary N) is 1. The first-order valence-corrected chi connectivity index (χ1v) is 6.24. The maximum absolute atomic E-state index is 9.59. The van der Waals surface area contributed by atoms with Gasteiger partial charge in [0.25, 0.3) is 0 Å². The molecule has 0 amide bonds. The van der Waals surface area contributed by atoms with E-state index in [1.54, 1.807) is 18.2 Å². The Balaban J connectivity index is 1.99. The van der Waals surface area contributed by atoms with Gasteiger partial charge in [0.05, 0.1) is 13.7 Å². The van der Waals surface area contributed by atoms with Crippen LogP contribution in [-0.4, -0.2) is 33.0 Å². The predicted molar refractivity (Wildman–Crippen MR) is 70.0 cm³/mol. The van der Waals surface area contributed by atoms with Crippen molar-refractivity contribution in [1.29, 1.82) is 0 Å². The minimum Gasteiger partial charge on any atom is -0.504 e. The Kier molecular flexibility index (Phi) is 2.87. The van der Waals surface area contributed by atoms with Crippen molar-refractivity contribution in [1.82, 2.24) is 14.8 Å². The van der Waals surface area contributed by atoms with Gasteiger partial charge in [-0.3, -0.25) is 0 Å². The van der Waals surface area contributed by atoms with E-state index in [2.05, 4.69) is 10.1 Å². The lowest BCUT2D eigenvalue weighted by Gasteiger charge is -2.17. The average molecular weight is 260 g/mol. The maximum Gasteiger partial charge on any atom is 0.181 e. The molecule has 3 rings (SSSR count). The number of phenols is 1. The molecule has 6 heteroatoms. The summed E-state index contributed by atoms with van der Waals surface area (Å²) >= 11 is 0. The Hall–Kier alpha value is -2.08. The lowest BCUT2D eigenvalue weighted by atomic mass is 10.1. The number of methoxy groups -OCH3 is 1. The van der Waals surface area contributed by atoms with Crippen LogP contribution in [0.3, 0.4) is 0 Å². The molecular formula is C13H16N4O2. The number of hydrogen-bond donors (Lipinski definition) is 2. The summed E-state index contributed by atoms with van der Waals surface area (Å²) in [6, 6.07) is 5.24. The molecule has 1 aliphatic rings. The van der Waals surface area contributed by atoms with E-state index in [1.165, 1.54) is 7.11 Å². The predicted octanol–water partition coefficient (Wildman–Crippen LogP) is 0.933. The van der Waals surface area contributed by atoms with Crippen molar-refractivity contribution in [3.63, 3.8) is 0 Å². The molecule has 1 aromatic carbocycles. The summed E-state index contributed by atoms with van der Waals surface area (Å²) in [5, 5.41) is 14.1. The topological polar surface area (TPSA) is 86.2 Å². The number of hydrogen-bond acceptors (Lipinski definition) is 5. The number of fused-ring (bicyclic) bond motifs is 1. The van der Waals surface area contributed by atoms with Gasteiger partial charge in [-0.1, -0.05) is 0 Å². The van der Waals surface area contributed by atoms with Crippen molar-refractivity contribution in [2.45, 2.75) is 25.4 Å². The highest BCUT2D eigenvalue weighted by Crippen LogP contribution is 2.30. The number of aromatic nitrogens is 3. The fourth-order valence-corrected chi connectivity index (χ4v) is 2.27. The van der Waals surface area contributed by atoms with E-state index in [9.17, 15) is 5.11 Å². The van der Waals surface area contributed by atoms with Crippen LogP contribution >= 0.6 is 0 Å². The molecule has 0 saturated heterocycles. The summed E-state index contributed by atoms with van der Waals surface area (Å²) in [7, 11) is 1.52. The summed E-state index contributed by atoms with van der Waals surface area (Å²) in [5.41, 5.74) is 6.75. The van der Waals surface area contributed by atoms with Crippen LogP contribution in [0.2, 0.25) is 0 Å². The third kappa shape index (κ3) is 2.15. The second-order valence-corrected chi connectivity index (χ2v) is 4.72. The van der Waals surface area contributed by atoms with E-state index in [0.717, 1.165) is 24.2 Å². The van der Waals surface area contributed by atoms with Crippen molar-refractivity contribution in [3.05, 3.63) is 24.0 Å². The fourth-order valence-electron chi connectivity index (χ4n) is 2.27. The van der Waals surface area contributed by atoms with Gasteiger partial charge in [0.15, 0.2) is 17.3 Å². The number of benzene rings is 1. The maximum atomic E-state index is 9.59. The summed E-state index contributed by atoms with van der Waals surface area (Å²) in [6.07, 6.45) is 1.79. The Morgan fingerprint density at radius 1 is 1.47 bits per heavy atom. The highest BCUT2D eigenvalue weighted by atomic mass is 16.5. The fraction of sp³-hybridized carbons (Fsp3) is 0.385. The number of aromatic hydroxyl groups is 1. The average Bonchev–Trinajstić information content (AvgIpc) is 2.82. The Morgan fingerprint density at radius 2 is 2.32 bits per heavy atom. The molecule has 3 N–H and O–H groups in total. The normalized spacial score (nSPS) is 18.1. The summed E-state index contributed by atoms with van der Waals surface area (Å²) < 4.78 is 6.96. The van der Waals surface area contributed by atoms with Crippen LogP contribution in [0.5, 0.6) is 11.5 Å². The lowest BCUT2D eigenvalue weighted by molar-refractivity contribution is 0.373. The number of nitrogens with zero attached hydrogens (tertiary/aromatic N) is 3. The molecule has 1 aromatic heterocycles. The summed E-state index contributed by atoms with van der Waals surface area (Å²) in [6.45, 7) is 0.706. The third-order valence-corrected chi connectivity index (χ3v) is 3.33. The van der Waals surface area contributed by atoms with Crippen molar-refractivity contribution in [2.24, 2.45) is 5.73 Å². The molecule has 100 valence electrons. The largest absolute Gasteiger partial charge is 0.504 e. The molecule has 1 atom stereocenters. The van der Waals surface area contributed by atoms with Crippen LogP contribution in [0.4, 0.5) is 0 Å². The third-order valence-electron chi connectivity index (χ3n) is 3.33. The van der Waals surface area contributed by atoms with Crippen LogP contribution in [0.15, 0.2) is 18.2 Å². The van der Waals surface area contributed by atoms with Gasteiger partial charge in [-0.05, 0) is 24.6 Å². The van der Waals surface area contributed by atoms with Gasteiger partial charge in [0.1, 0.15) is 5.82 Å². The van der Waals surface area contributed by atoms with Gasteiger partial charge in [0, 0.05) is 18.0 Å². The standard InChI is InChI=1S/C13H16N4O2/c1-19-11-6-8(2-4-10(11)18)13-15-12-5-3-9(14)7-17(12)16-13/h2,4,6,9,18H,3,5,7,14H2,1H3. The van der Waals surface area contributed by atoms with Crippen LogP contribution in [-0.2, 0) is 13.0 Å². The first-order valence-electron chi connectivity index (χ1n) is 6.24. The highest BCUT2D eigenvalue weighted by Gasteiger charge is 2.19. The quantitative estimate of drug-likeness (QED) is 0.839. The Morgan fingerprint density at radius 3 is 3.11 bits per heavy atom. The first-order chi connectivity index (χ1) is 9.17. The number of aryl methyl sites for hydroxylation is 1. The first kappa shape index (κ1) is 12.0. The SMILES string of the molecule is COc1cc(-c2nc3n(n2)CC(N)CC3)ccc1O. The molecule has 2 aromatic rings. The van der Waals surface area contributed by atoms with Gasteiger partial charge in [-0.2, -0.15) is 5.10 Å². The lowest BCUT2D eigenvalue weighted by Crippen LogP contribution is -2.32. The van der Waals surface area contributed by atoms with E-state index < -0.39 is 0 Å². The highest BCUT2D eigenvalue weighted by molar-refractivity contribution is 5.60. The zero-order chi connectivity index (χ0) is 13.4. The smallest absolute Gasteiger partial charge is 0.181 e. The monoisotopic (exact) mass is 260 g/mol. The minimum absolute atomic E-state index is 0.109. The molecule has 0 aliphatic carbocycles. The van der Waals surface area contributed by atoms with E-state index in [1.807, 2.05) is 4.68 Å². The summed E-state index contributed by atoms with van der Waals surface area (Å²) in [5.74, 6) is 2.13. The van der Waals surface area contributed by atoms with Crippen molar-refractivity contribution in [3.8, 4) is 22.9 Å². The number of ether oxygens (including phenoxy) is 1. The molecular weight excluding hydrogens is 244 g/mol. The molecule has 0 bridgehead atoms. The molecule has 0 fully saturated rings. The van der Waals surface area contributed by atoms with E-state index in [-0.39, 0.29) is 11.8 Å². The van der Waals surface area contributed by atoms with Gasteiger partial charge >= 0.3 is 0 Å². The van der Waals surface area contributed by atoms with Gasteiger partial charge in [0.2, 0.25) is 0 Å². The molecule has 1 aliphatic heterocycles. The molecule has 2 heterocycles. The zero-order valence-electron chi connectivity index (χ0n) is 10.7.